The van der Waals surface area contributed by atoms with E-state index in [-0.39, 0.29) is 5.78 Å². The van der Waals surface area contributed by atoms with Crippen molar-refractivity contribution in [2.45, 2.75) is 6.92 Å². The van der Waals surface area contributed by atoms with Crippen LogP contribution in [-0.4, -0.2) is 15.6 Å². The van der Waals surface area contributed by atoms with Gasteiger partial charge in [-0.05, 0) is 25.1 Å². The molecule has 0 aromatic carbocycles. The van der Waals surface area contributed by atoms with Crippen molar-refractivity contribution in [3.05, 3.63) is 38.8 Å². The van der Waals surface area contributed by atoms with Crippen molar-refractivity contribution in [3.63, 3.8) is 0 Å². The third kappa shape index (κ3) is 1.96. The minimum atomic E-state index is -0.0324. The summed E-state index contributed by atoms with van der Waals surface area (Å²) < 4.78 is 2.21. The fraction of sp³-hybridized carbons (Fsp3) is 0.200. The molecule has 78 valence electrons. The predicted molar refractivity (Wildman–Crippen MR) is 60.7 cm³/mol. The Bertz CT molecular complexity index is 515. The van der Waals surface area contributed by atoms with E-state index in [1.165, 1.54) is 11.3 Å². The van der Waals surface area contributed by atoms with Gasteiger partial charge in [-0.1, -0.05) is 11.6 Å². The minimum Gasteiger partial charge on any atom is -0.286 e. The zero-order valence-electron chi connectivity index (χ0n) is 8.32. The second-order valence-electron chi connectivity index (χ2n) is 3.23. The molecule has 0 amide bonds. The molecular formula is C10H9ClN2OS. The van der Waals surface area contributed by atoms with Crippen molar-refractivity contribution in [2.75, 3.05) is 0 Å². The van der Waals surface area contributed by atoms with Crippen LogP contribution in [0.15, 0.2) is 18.2 Å². The summed E-state index contributed by atoms with van der Waals surface area (Å²) in [5.41, 5.74) is 1.43. The molecule has 2 rings (SSSR count). The van der Waals surface area contributed by atoms with Crippen molar-refractivity contribution >= 4 is 28.7 Å². The van der Waals surface area contributed by atoms with Gasteiger partial charge in [-0.2, -0.15) is 5.10 Å². The zero-order chi connectivity index (χ0) is 11.0. The van der Waals surface area contributed by atoms with E-state index < -0.39 is 0 Å². The summed E-state index contributed by atoms with van der Waals surface area (Å²) in [6.45, 7) is 1.86. The Balaban J connectivity index is 2.40. The zero-order valence-corrected chi connectivity index (χ0v) is 9.89. The molecule has 0 N–H and O–H groups in total. The number of ketones is 1. The van der Waals surface area contributed by atoms with E-state index in [4.69, 9.17) is 11.6 Å². The van der Waals surface area contributed by atoms with Gasteiger partial charge >= 0.3 is 0 Å². The molecule has 3 nitrogen and oxygen atoms in total. The first-order valence-electron chi connectivity index (χ1n) is 4.38. The molecule has 0 fully saturated rings. The molecule has 2 aromatic heterocycles. The lowest BCUT2D eigenvalue weighted by Crippen LogP contribution is -2.06. The third-order valence-corrected chi connectivity index (χ3v) is 3.26. The van der Waals surface area contributed by atoms with Gasteiger partial charge in [0, 0.05) is 7.05 Å². The quantitative estimate of drug-likeness (QED) is 0.757. The van der Waals surface area contributed by atoms with E-state index in [1.807, 2.05) is 6.92 Å². The van der Waals surface area contributed by atoms with Gasteiger partial charge in [-0.15, -0.1) is 11.3 Å². The Labute approximate surface area is 96.3 Å². The van der Waals surface area contributed by atoms with Crippen LogP contribution in [0.4, 0.5) is 0 Å². The maximum absolute atomic E-state index is 12.0. The van der Waals surface area contributed by atoms with Gasteiger partial charge in [0.15, 0.2) is 0 Å². The van der Waals surface area contributed by atoms with E-state index >= 15 is 0 Å². The van der Waals surface area contributed by atoms with Gasteiger partial charge < -0.3 is 0 Å². The fourth-order valence-corrected chi connectivity index (χ4v) is 2.38. The van der Waals surface area contributed by atoms with Crippen molar-refractivity contribution in [3.8, 4) is 0 Å². The van der Waals surface area contributed by atoms with Crippen LogP contribution in [0.1, 0.15) is 21.1 Å². The second-order valence-corrected chi connectivity index (χ2v) is 4.94. The summed E-state index contributed by atoms with van der Waals surface area (Å²) in [5, 5.41) is 4.13. The smallest absolute Gasteiger partial charge is 0.220 e. The van der Waals surface area contributed by atoms with Crippen LogP contribution in [0.2, 0.25) is 4.34 Å². The number of thiophene rings is 1. The number of hydrogen-bond donors (Lipinski definition) is 0. The first-order valence-corrected chi connectivity index (χ1v) is 5.58. The first kappa shape index (κ1) is 10.4. The van der Waals surface area contributed by atoms with Crippen LogP contribution in [0, 0.1) is 6.92 Å². The van der Waals surface area contributed by atoms with E-state index in [1.54, 1.807) is 29.9 Å². The number of hydrogen-bond acceptors (Lipinski definition) is 3. The summed E-state index contributed by atoms with van der Waals surface area (Å²) in [5.74, 6) is -0.0324. The van der Waals surface area contributed by atoms with Gasteiger partial charge in [0.05, 0.1) is 14.9 Å². The number of nitrogens with zero attached hydrogens (tertiary/aromatic N) is 2. The van der Waals surface area contributed by atoms with Crippen molar-refractivity contribution in [1.29, 1.82) is 0 Å². The molecule has 0 spiro atoms. The number of rotatable bonds is 2. The van der Waals surface area contributed by atoms with Gasteiger partial charge in [0.2, 0.25) is 5.78 Å². The van der Waals surface area contributed by atoms with Crippen molar-refractivity contribution < 1.29 is 4.79 Å². The molecule has 0 unspecified atom stereocenters. The summed E-state index contributed by atoms with van der Waals surface area (Å²) >= 11 is 7.06. The number of aromatic nitrogens is 2. The molecule has 0 saturated heterocycles. The van der Waals surface area contributed by atoms with Gasteiger partial charge in [0.25, 0.3) is 0 Å². The molecule has 2 heterocycles. The summed E-state index contributed by atoms with van der Waals surface area (Å²) in [6, 6.07) is 5.23. The Morgan fingerprint density at radius 3 is 2.73 bits per heavy atom. The average Bonchev–Trinajstić information content (AvgIpc) is 2.71. The SMILES string of the molecule is Cc1cc(C(=O)c2ccc(Cl)s2)n(C)n1. The molecule has 0 saturated carbocycles. The van der Waals surface area contributed by atoms with Gasteiger partial charge in [0.1, 0.15) is 5.69 Å². The molecule has 15 heavy (non-hydrogen) atoms. The lowest BCUT2D eigenvalue weighted by molar-refractivity contribution is 0.103. The standard InChI is InChI=1S/C10H9ClN2OS/c1-6-5-7(13(2)12-6)10(14)8-3-4-9(11)15-8/h3-5H,1-2H3. The van der Waals surface area contributed by atoms with Crippen molar-refractivity contribution in [2.24, 2.45) is 7.05 Å². The molecule has 0 aliphatic rings. The van der Waals surface area contributed by atoms with Crippen LogP contribution in [0.3, 0.4) is 0 Å². The summed E-state index contributed by atoms with van der Waals surface area (Å²) in [6.07, 6.45) is 0. The lowest BCUT2D eigenvalue weighted by Gasteiger charge is -1.97. The highest BCUT2D eigenvalue weighted by molar-refractivity contribution is 7.18. The minimum absolute atomic E-state index is 0.0324. The van der Waals surface area contributed by atoms with Crippen LogP contribution in [0.5, 0.6) is 0 Å². The number of aryl methyl sites for hydroxylation is 2. The van der Waals surface area contributed by atoms with Crippen LogP contribution >= 0.6 is 22.9 Å². The molecule has 2 aromatic rings. The third-order valence-electron chi connectivity index (χ3n) is 2.03. The van der Waals surface area contributed by atoms with Crippen LogP contribution in [-0.2, 0) is 7.05 Å². The van der Waals surface area contributed by atoms with Gasteiger partial charge in [-0.3, -0.25) is 9.48 Å². The molecule has 0 aliphatic heterocycles. The molecule has 5 heteroatoms. The lowest BCUT2D eigenvalue weighted by atomic mass is 10.2. The number of halogens is 1. The summed E-state index contributed by atoms with van der Waals surface area (Å²) in [7, 11) is 1.76. The van der Waals surface area contributed by atoms with Crippen molar-refractivity contribution in [1.82, 2.24) is 9.78 Å². The second kappa shape index (κ2) is 3.79. The maximum Gasteiger partial charge on any atom is 0.220 e. The largest absolute Gasteiger partial charge is 0.286 e. The monoisotopic (exact) mass is 240 g/mol. The highest BCUT2D eigenvalue weighted by Gasteiger charge is 2.15. The number of carbonyl (C=O) groups is 1. The average molecular weight is 241 g/mol. The van der Waals surface area contributed by atoms with E-state index in [9.17, 15) is 4.79 Å². The van der Waals surface area contributed by atoms with E-state index in [0.29, 0.717) is 14.9 Å². The molecule has 0 bridgehead atoms. The fourth-order valence-electron chi connectivity index (χ4n) is 1.39. The van der Waals surface area contributed by atoms with Crippen LogP contribution < -0.4 is 0 Å². The number of carbonyl (C=O) groups excluding carboxylic acids is 1. The Morgan fingerprint density at radius 2 is 2.27 bits per heavy atom. The van der Waals surface area contributed by atoms with E-state index in [0.717, 1.165) is 5.69 Å². The first-order chi connectivity index (χ1) is 7.08. The topological polar surface area (TPSA) is 34.9 Å². The highest BCUT2D eigenvalue weighted by Crippen LogP contribution is 2.23. The van der Waals surface area contributed by atoms with E-state index in [2.05, 4.69) is 5.10 Å². The molecule has 0 aliphatic carbocycles. The van der Waals surface area contributed by atoms with Gasteiger partial charge in [-0.25, -0.2) is 0 Å². The maximum atomic E-state index is 12.0. The molecule has 0 radical (unpaired) electrons. The van der Waals surface area contributed by atoms with Crippen LogP contribution in [0.25, 0.3) is 0 Å². The highest BCUT2D eigenvalue weighted by atomic mass is 35.5. The molecule has 0 atom stereocenters. The Hall–Kier alpha value is -1.13. The predicted octanol–water partition coefficient (Wildman–Crippen LogP) is 2.67. The Morgan fingerprint density at radius 1 is 1.53 bits per heavy atom. The Kier molecular flexibility index (Phi) is 2.63. The normalized spacial score (nSPS) is 10.6. The summed E-state index contributed by atoms with van der Waals surface area (Å²) in [4.78, 5) is 12.6. The molecular weight excluding hydrogens is 232 g/mol.